The van der Waals surface area contributed by atoms with E-state index in [1.165, 1.54) is 0 Å². The second-order valence-electron chi connectivity index (χ2n) is 7.08. The van der Waals surface area contributed by atoms with Crippen molar-refractivity contribution >= 4 is 17.5 Å². The number of nitrogens with zero attached hydrogens (tertiary/aromatic N) is 2. The Bertz CT molecular complexity index is 786. The molecule has 0 spiro atoms. The molecule has 6 heteroatoms. The zero-order chi connectivity index (χ0) is 19.9. The van der Waals surface area contributed by atoms with Crippen LogP contribution in [0.1, 0.15) is 17.2 Å². The van der Waals surface area contributed by atoms with Crippen LogP contribution in [0.25, 0.3) is 0 Å². The largest absolute Gasteiger partial charge is 0.378 e. The Morgan fingerprint density at radius 3 is 2.36 bits per heavy atom. The first-order valence-corrected chi connectivity index (χ1v) is 9.53. The van der Waals surface area contributed by atoms with Crippen molar-refractivity contribution in [3.05, 3.63) is 65.7 Å². The highest BCUT2D eigenvalue weighted by Gasteiger charge is 2.31. The molecule has 2 aromatic carbocycles. The Morgan fingerprint density at radius 1 is 1.07 bits per heavy atom. The highest BCUT2D eigenvalue weighted by molar-refractivity contribution is 5.93. The summed E-state index contributed by atoms with van der Waals surface area (Å²) in [6, 6.07) is 16.7. The number of ether oxygens (including phenoxy) is 1. The number of hydrogen-bond acceptors (Lipinski definition) is 4. The van der Waals surface area contributed by atoms with Gasteiger partial charge in [-0.15, -0.1) is 0 Å². The molecule has 1 atom stereocenters. The number of nitrogens with one attached hydrogen (secondary N) is 1. The van der Waals surface area contributed by atoms with E-state index in [0.717, 1.165) is 16.8 Å². The van der Waals surface area contributed by atoms with Crippen LogP contribution >= 0.6 is 0 Å². The summed E-state index contributed by atoms with van der Waals surface area (Å²) in [4.78, 5) is 29.4. The van der Waals surface area contributed by atoms with E-state index in [1.54, 1.807) is 4.90 Å². The topological polar surface area (TPSA) is 61.9 Å². The summed E-state index contributed by atoms with van der Waals surface area (Å²) >= 11 is 0. The lowest BCUT2D eigenvalue weighted by molar-refractivity contribution is -0.141. The van der Waals surface area contributed by atoms with Crippen LogP contribution in [0.3, 0.4) is 0 Å². The molecule has 1 aliphatic heterocycles. The van der Waals surface area contributed by atoms with Gasteiger partial charge in [0.1, 0.15) is 6.04 Å². The van der Waals surface area contributed by atoms with Gasteiger partial charge < -0.3 is 15.0 Å². The van der Waals surface area contributed by atoms with Crippen molar-refractivity contribution in [1.82, 2.24) is 9.80 Å². The van der Waals surface area contributed by atoms with Crippen LogP contribution in [0.15, 0.2) is 54.6 Å². The van der Waals surface area contributed by atoms with Crippen LogP contribution in [0, 0.1) is 6.92 Å². The molecule has 2 amide bonds. The van der Waals surface area contributed by atoms with E-state index in [4.69, 9.17) is 4.74 Å². The van der Waals surface area contributed by atoms with Gasteiger partial charge >= 0.3 is 0 Å². The minimum Gasteiger partial charge on any atom is -0.378 e. The number of amides is 2. The van der Waals surface area contributed by atoms with Gasteiger partial charge in [0, 0.05) is 18.8 Å². The van der Waals surface area contributed by atoms with Crippen molar-refractivity contribution in [2.45, 2.75) is 13.0 Å². The molecule has 0 aromatic heterocycles. The number of benzene rings is 2. The Balaban J connectivity index is 1.72. The van der Waals surface area contributed by atoms with Gasteiger partial charge in [-0.2, -0.15) is 0 Å². The lowest BCUT2D eigenvalue weighted by atomic mass is 10.0. The Kier molecular flexibility index (Phi) is 6.79. The highest BCUT2D eigenvalue weighted by atomic mass is 16.5. The van der Waals surface area contributed by atoms with E-state index in [0.29, 0.717) is 26.3 Å². The lowest BCUT2D eigenvalue weighted by Crippen LogP contribution is -2.47. The number of likely N-dealkylation sites (N-methyl/N-ethyl adjacent to an activating group) is 1. The summed E-state index contributed by atoms with van der Waals surface area (Å²) in [7, 11) is 1.81. The summed E-state index contributed by atoms with van der Waals surface area (Å²) in [6.07, 6.45) is 0. The molecular formula is C22H27N3O3. The van der Waals surface area contributed by atoms with Crippen molar-refractivity contribution in [3.63, 3.8) is 0 Å². The Labute approximate surface area is 166 Å². The molecule has 0 aliphatic carbocycles. The molecule has 148 valence electrons. The second kappa shape index (κ2) is 9.48. The van der Waals surface area contributed by atoms with Crippen molar-refractivity contribution < 1.29 is 14.3 Å². The normalized spacial score (nSPS) is 15.3. The maximum absolute atomic E-state index is 13.2. The monoisotopic (exact) mass is 381 g/mol. The maximum atomic E-state index is 13.2. The molecule has 3 rings (SSSR count). The Morgan fingerprint density at radius 2 is 1.71 bits per heavy atom. The minimum absolute atomic E-state index is 0.000126. The van der Waals surface area contributed by atoms with Crippen molar-refractivity contribution in [2.24, 2.45) is 0 Å². The number of rotatable bonds is 6. The molecule has 28 heavy (non-hydrogen) atoms. The van der Waals surface area contributed by atoms with Gasteiger partial charge in [-0.25, -0.2) is 0 Å². The number of morpholine rings is 1. The maximum Gasteiger partial charge on any atom is 0.244 e. The van der Waals surface area contributed by atoms with Crippen molar-refractivity contribution in [2.75, 3.05) is 45.2 Å². The smallest absolute Gasteiger partial charge is 0.244 e. The number of aryl methyl sites for hydroxylation is 1. The molecule has 1 N–H and O–H groups in total. The van der Waals surface area contributed by atoms with Gasteiger partial charge in [-0.3, -0.25) is 14.5 Å². The van der Waals surface area contributed by atoms with Gasteiger partial charge in [-0.05, 0) is 31.7 Å². The summed E-state index contributed by atoms with van der Waals surface area (Å²) < 4.78 is 5.36. The predicted octanol–water partition coefficient (Wildman–Crippen LogP) is 2.47. The molecule has 0 bridgehead atoms. The SMILES string of the molecule is Cc1ccc(NC(=O)CN(C)[C@H](C(=O)N2CCOCC2)c2ccccc2)cc1. The van der Waals surface area contributed by atoms with Crippen LogP contribution in [-0.2, 0) is 14.3 Å². The van der Waals surface area contributed by atoms with Gasteiger partial charge in [-0.1, -0.05) is 48.0 Å². The number of hydrogen-bond donors (Lipinski definition) is 1. The van der Waals surface area contributed by atoms with E-state index in [-0.39, 0.29) is 18.4 Å². The fourth-order valence-corrected chi connectivity index (χ4v) is 3.33. The third-order valence-corrected chi connectivity index (χ3v) is 4.84. The molecule has 1 fully saturated rings. The molecule has 6 nitrogen and oxygen atoms in total. The molecule has 1 saturated heterocycles. The first-order valence-electron chi connectivity index (χ1n) is 9.53. The van der Waals surface area contributed by atoms with Crippen LogP contribution in [0.5, 0.6) is 0 Å². The van der Waals surface area contributed by atoms with Crippen LogP contribution in [0.4, 0.5) is 5.69 Å². The zero-order valence-corrected chi connectivity index (χ0v) is 16.4. The molecule has 1 aliphatic rings. The second-order valence-corrected chi connectivity index (χ2v) is 7.08. The molecule has 0 saturated carbocycles. The van der Waals surface area contributed by atoms with E-state index in [1.807, 2.05) is 73.5 Å². The average molecular weight is 381 g/mol. The highest BCUT2D eigenvalue weighted by Crippen LogP contribution is 2.23. The molecule has 2 aromatic rings. The Hall–Kier alpha value is -2.70. The zero-order valence-electron chi connectivity index (χ0n) is 16.4. The first-order chi connectivity index (χ1) is 13.5. The van der Waals surface area contributed by atoms with Crippen molar-refractivity contribution in [3.8, 4) is 0 Å². The molecular weight excluding hydrogens is 354 g/mol. The van der Waals surface area contributed by atoms with Crippen LogP contribution in [0.2, 0.25) is 0 Å². The number of anilines is 1. The van der Waals surface area contributed by atoms with Gasteiger partial charge in [0.25, 0.3) is 0 Å². The fourth-order valence-electron chi connectivity index (χ4n) is 3.33. The standard InChI is InChI=1S/C22H27N3O3/c1-17-8-10-19(11-9-17)23-20(26)16-24(2)21(18-6-4-3-5-7-18)22(27)25-12-14-28-15-13-25/h3-11,21H,12-16H2,1-2H3,(H,23,26)/t21-/m0/s1. The van der Waals surface area contributed by atoms with Crippen LogP contribution in [-0.4, -0.2) is 61.5 Å². The average Bonchev–Trinajstić information content (AvgIpc) is 2.71. The fraction of sp³-hybridized carbons (Fsp3) is 0.364. The number of carbonyl (C=O) groups excluding carboxylic acids is 2. The third kappa shape index (κ3) is 5.18. The van der Waals surface area contributed by atoms with Gasteiger partial charge in [0.15, 0.2) is 0 Å². The molecule has 0 radical (unpaired) electrons. The predicted molar refractivity (Wildman–Crippen MR) is 109 cm³/mol. The molecule has 0 unspecified atom stereocenters. The van der Waals surface area contributed by atoms with Crippen LogP contribution < -0.4 is 5.32 Å². The quantitative estimate of drug-likeness (QED) is 0.835. The lowest BCUT2D eigenvalue weighted by Gasteiger charge is -2.34. The first kappa shape index (κ1) is 20.0. The van der Waals surface area contributed by atoms with Gasteiger partial charge in [0.05, 0.1) is 19.8 Å². The van der Waals surface area contributed by atoms with E-state index >= 15 is 0 Å². The van der Waals surface area contributed by atoms with E-state index in [2.05, 4.69) is 5.32 Å². The third-order valence-electron chi connectivity index (χ3n) is 4.84. The van der Waals surface area contributed by atoms with E-state index in [9.17, 15) is 9.59 Å². The molecule has 1 heterocycles. The summed E-state index contributed by atoms with van der Waals surface area (Å²) in [5.74, 6) is -0.151. The summed E-state index contributed by atoms with van der Waals surface area (Å²) in [5.41, 5.74) is 2.76. The van der Waals surface area contributed by atoms with Gasteiger partial charge in [0.2, 0.25) is 11.8 Å². The summed E-state index contributed by atoms with van der Waals surface area (Å²) in [6.45, 7) is 4.36. The van der Waals surface area contributed by atoms with E-state index < -0.39 is 6.04 Å². The minimum atomic E-state index is -0.511. The summed E-state index contributed by atoms with van der Waals surface area (Å²) in [5, 5.41) is 2.90. The number of carbonyl (C=O) groups is 2. The van der Waals surface area contributed by atoms with Crippen molar-refractivity contribution in [1.29, 1.82) is 0 Å².